The van der Waals surface area contributed by atoms with E-state index >= 15 is 0 Å². The lowest BCUT2D eigenvalue weighted by Crippen LogP contribution is -2.68. The molecule has 6 aliphatic heterocycles. The van der Waals surface area contributed by atoms with Crippen molar-refractivity contribution in [1.82, 2.24) is 98.0 Å². The van der Waals surface area contributed by atoms with Crippen molar-refractivity contribution in [2.75, 3.05) is 97.9 Å². The molecular weight excluding hydrogens is 1910 g/mol. The first-order valence-corrected chi connectivity index (χ1v) is 49.5. The summed E-state index contributed by atoms with van der Waals surface area (Å²) in [7, 11) is 12.5. The summed E-state index contributed by atoms with van der Waals surface area (Å²) in [6.45, 7) is 15.3. The Labute approximate surface area is 856 Å². The number of nitrogens with one attached hydrogen (secondary N) is 1. The minimum absolute atomic E-state index is 0.0260. The topological polar surface area (TPSA) is 356 Å². The molecule has 766 valence electrons. The molecular formula is C107H113F5N31O6+. The molecule has 3 fully saturated rings. The van der Waals surface area contributed by atoms with Crippen molar-refractivity contribution < 1.29 is 55.3 Å². The molecule has 16 heterocycles. The van der Waals surface area contributed by atoms with Gasteiger partial charge in [-0.3, -0.25) is 56.9 Å². The number of alkyl halides is 3. The number of nitrogens with zero attached hydrogens (tertiary/aromatic N) is 30. The van der Waals surface area contributed by atoms with Crippen molar-refractivity contribution in [1.29, 1.82) is 0 Å². The number of carbonyl (C=O) groups is 6. The zero-order valence-electron chi connectivity index (χ0n) is 85.1. The van der Waals surface area contributed by atoms with E-state index in [1.807, 2.05) is 144 Å². The monoisotopic (exact) mass is 2020 g/mol. The summed E-state index contributed by atoms with van der Waals surface area (Å²) in [5.41, 5.74) is 7.47. The minimum atomic E-state index is -4.39. The lowest BCUT2D eigenvalue weighted by Gasteiger charge is -2.55. The molecule has 5 aromatic carbocycles. The van der Waals surface area contributed by atoms with Crippen LogP contribution in [0.25, 0.3) is 86.7 Å². The Bertz CT molecular complexity index is 7560. The molecule has 10 aromatic heterocycles. The fourth-order valence-electron chi connectivity index (χ4n) is 21.1. The fourth-order valence-corrected chi connectivity index (χ4v) is 21.1. The third kappa shape index (κ3) is 17.8. The van der Waals surface area contributed by atoms with Gasteiger partial charge in [-0.2, -0.15) is 47.6 Å². The minimum Gasteiger partial charge on any atom is -0.340 e. The highest BCUT2D eigenvalue weighted by Gasteiger charge is 2.60. The summed E-state index contributed by atoms with van der Waals surface area (Å²) in [6.07, 6.45) is 28.2. The second-order valence-corrected chi connectivity index (χ2v) is 38.4. The Kier molecular flexibility index (Phi) is 27.2. The zero-order chi connectivity index (χ0) is 105. The lowest BCUT2D eigenvalue weighted by atomic mass is 9.72. The quantitative estimate of drug-likeness (QED) is 0.0616. The first-order valence-electron chi connectivity index (χ1n) is 49.5. The van der Waals surface area contributed by atoms with Crippen LogP contribution in [0.2, 0.25) is 0 Å². The van der Waals surface area contributed by atoms with Crippen molar-refractivity contribution in [2.45, 2.75) is 179 Å². The summed E-state index contributed by atoms with van der Waals surface area (Å²) in [5, 5.41) is 1.83. The Hall–Kier alpha value is -16.8. The van der Waals surface area contributed by atoms with E-state index in [1.165, 1.54) is 46.5 Å². The van der Waals surface area contributed by atoms with Crippen LogP contribution >= 0.6 is 0 Å². The number of hydrogen-bond acceptors (Lipinski definition) is 25. The number of carbonyl (C=O) groups excluding carboxylic acids is 6. The van der Waals surface area contributed by atoms with Gasteiger partial charge in [0.2, 0.25) is 29.7 Å². The number of imidazole rings is 5. The highest BCUT2D eigenvalue weighted by Crippen LogP contribution is 2.53. The number of halogens is 5. The van der Waals surface area contributed by atoms with Crippen LogP contribution < -0.4 is 59.1 Å². The number of hydrazine groups is 1. The Morgan fingerprint density at radius 3 is 1.17 bits per heavy atom. The molecule has 2 saturated carbocycles. The van der Waals surface area contributed by atoms with Crippen LogP contribution in [0.4, 0.5) is 79.5 Å². The molecule has 2 aliphatic carbocycles. The second kappa shape index (κ2) is 40.2. The van der Waals surface area contributed by atoms with Crippen molar-refractivity contribution in [3.63, 3.8) is 0 Å². The van der Waals surface area contributed by atoms with Gasteiger partial charge in [-0.05, 0) is 159 Å². The molecule has 8 aliphatic rings. The van der Waals surface area contributed by atoms with Gasteiger partial charge in [0, 0.05) is 139 Å². The van der Waals surface area contributed by atoms with Crippen molar-refractivity contribution >= 4 is 93.0 Å². The first kappa shape index (κ1) is 101. The van der Waals surface area contributed by atoms with Gasteiger partial charge in [-0.15, -0.1) is 0 Å². The third-order valence-corrected chi connectivity index (χ3v) is 29.3. The average Bonchev–Trinajstić information content (AvgIpc) is 1.69. The maximum absolute atomic E-state index is 13.3. The van der Waals surface area contributed by atoms with Crippen molar-refractivity contribution in [3.05, 3.63) is 244 Å². The molecule has 42 heteroatoms. The first-order chi connectivity index (χ1) is 71.6. The number of likely N-dealkylation sites (N-methyl/N-ethyl adjacent to an activating group) is 5. The predicted molar refractivity (Wildman–Crippen MR) is 554 cm³/mol. The van der Waals surface area contributed by atoms with Crippen LogP contribution in [-0.2, 0) is 35.8 Å². The van der Waals surface area contributed by atoms with Crippen molar-refractivity contribution in [2.24, 2.45) is 7.05 Å². The summed E-state index contributed by atoms with van der Waals surface area (Å²) in [5.74, 6) is 7.79. The number of hydrogen-bond donors (Lipinski definition) is 1. The number of aryl methyl sites for hydroxylation is 1. The number of aromatic nitrogens is 20. The SMILES string of the molecule is CC(C)N1c2nc(-n3ccnc3-c3ccc(F)cc3)ncc2N(C)C(=O)C12CCC2.CC(C)N1c2nc(-n3ccnc3-c3ccccc3)ncc2N(C)C(=O)C12CCC2.CCC1(C)C(=O)N(C)c2cnc(-n3ccnc3-c3ccc(F)cc3)nc2N1CCC(F)(F)F.CCC1C(=O)N(C)c2cnc(-n3cc[n+](C)c3-c3ccccc3)nc2N1NC.CC[C@@]12CCC(=O)N1c1nc(-n3ccnc3-c3ccccc3)ncc1N(C)C2=O. The summed E-state index contributed by atoms with van der Waals surface area (Å²) < 4.78 is 77.0. The number of amides is 6. The number of fused-ring (bicyclic) bond motifs is 7. The van der Waals surface area contributed by atoms with Crippen molar-refractivity contribution in [3.8, 4) is 86.7 Å². The molecule has 6 amide bonds. The molecule has 2 unspecified atom stereocenters. The maximum atomic E-state index is 13.3. The van der Waals surface area contributed by atoms with Crippen LogP contribution in [0, 0.1) is 11.6 Å². The van der Waals surface area contributed by atoms with E-state index in [0.717, 1.165) is 89.8 Å². The van der Waals surface area contributed by atoms with E-state index in [9.17, 15) is 50.7 Å². The summed E-state index contributed by atoms with van der Waals surface area (Å²) in [4.78, 5) is 157. The molecule has 37 nitrogen and oxygen atoms in total. The molecule has 1 N–H and O–H groups in total. The Morgan fingerprint density at radius 2 is 0.785 bits per heavy atom. The van der Waals surface area contributed by atoms with E-state index < -0.39 is 47.1 Å². The molecule has 3 atom stereocenters. The molecule has 15 aromatic rings. The molecule has 0 bridgehead atoms. The second-order valence-electron chi connectivity index (χ2n) is 38.4. The number of benzene rings is 5. The largest absolute Gasteiger partial charge is 0.390 e. The highest BCUT2D eigenvalue weighted by molar-refractivity contribution is 6.17. The van der Waals surface area contributed by atoms with Gasteiger partial charge in [0.25, 0.3) is 35.4 Å². The Morgan fingerprint density at radius 1 is 0.423 bits per heavy atom. The normalized spacial score (nSPS) is 18.2. The molecule has 2 spiro atoms. The fraction of sp³-hybridized carbons (Fsp3) is 0.336. The van der Waals surface area contributed by atoms with Crippen LogP contribution in [-0.4, -0.2) is 223 Å². The van der Waals surface area contributed by atoms with E-state index in [0.29, 0.717) is 113 Å². The molecule has 1 saturated heterocycles. The highest BCUT2D eigenvalue weighted by atomic mass is 19.4. The standard InChI is InChI=1S/C22H22F4N6O.C22H23FN6O.C22H24N6O.C21H20N6O2.C20H24N7O/c1-4-21(2)19(33)30(3)16-13-28-20(29-18(16)32(21)11-9-22(24,25)26)31-12-10-27-17(31)14-5-7-15(23)8-6-14;1-14(2)29-19-17(27(3)20(30)22(29)9-4-10-22)13-25-21(26-19)28-12-11-24-18(28)15-5-7-16(23)8-6-15;1-15(2)28-19-17(26(3)20(29)22(28)10-7-11-22)14-24-21(25-19)27-13-12-23-18(27)16-8-5-4-6-9-16;1-3-21-10-9-16(28)27(21)18-15(25(2)19(21)29)13-23-20(24-18)26-12-11-22-17(26)14-7-5-4-6-8-14;1-5-15-19(28)25(4)16-13-22-20(23-17(16)27(15)21-2)26-12-11-24(3)18(26)14-9-7-6-8-10-14/h5-8,10,12-13H,4,9,11H2,1-3H3;5-8,11-14H,4,9-10H2,1-3H3;4-6,8-9,12-15H,7,10-11H2,1-3H3;4-8,11-13H,3,9-10H2,1-2H3;6-13,15,21H,5H2,1-4H3/q;;;;+1/t;;;21-;/m...0./s1. The van der Waals surface area contributed by atoms with E-state index in [2.05, 4.69) is 105 Å². The van der Waals surface area contributed by atoms with E-state index in [-0.39, 0.29) is 71.2 Å². The summed E-state index contributed by atoms with van der Waals surface area (Å²) in [6, 6.07) is 41.8. The zero-order valence-corrected chi connectivity index (χ0v) is 85.1. The molecule has 0 radical (unpaired) electrons. The van der Waals surface area contributed by atoms with Gasteiger partial charge in [0.1, 0.15) is 104 Å². The number of rotatable bonds is 18. The van der Waals surface area contributed by atoms with Gasteiger partial charge in [-0.25, -0.2) is 58.6 Å². The number of anilines is 10. The third-order valence-electron chi connectivity index (χ3n) is 29.3. The molecule has 23 rings (SSSR count). The van der Waals surface area contributed by atoms with Crippen LogP contribution in [0.1, 0.15) is 132 Å². The van der Waals surface area contributed by atoms with Gasteiger partial charge in [0.05, 0.1) is 50.0 Å². The maximum Gasteiger partial charge on any atom is 0.390 e. The predicted octanol–water partition coefficient (Wildman–Crippen LogP) is 15.4. The summed E-state index contributed by atoms with van der Waals surface area (Å²) >= 11 is 0. The Balaban J connectivity index is 0.000000117. The smallest absolute Gasteiger partial charge is 0.340 e. The lowest BCUT2D eigenvalue weighted by molar-refractivity contribution is -0.659. The van der Waals surface area contributed by atoms with Gasteiger partial charge in [0.15, 0.2) is 29.1 Å². The van der Waals surface area contributed by atoms with Crippen LogP contribution in [0.3, 0.4) is 0 Å². The average molecular weight is 2020 g/mol. The van der Waals surface area contributed by atoms with E-state index in [4.69, 9.17) is 19.9 Å². The van der Waals surface area contributed by atoms with Crippen LogP contribution in [0.15, 0.2) is 232 Å². The van der Waals surface area contributed by atoms with Gasteiger partial charge < -0.3 is 39.2 Å². The van der Waals surface area contributed by atoms with Crippen LogP contribution in [0.5, 0.6) is 0 Å². The molecule has 149 heavy (non-hydrogen) atoms. The van der Waals surface area contributed by atoms with E-state index in [1.54, 1.807) is 174 Å². The van der Waals surface area contributed by atoms with Gasteiger partial charge in [-0.1, -0.05) is 99.6 Å². The van der Waals surface area contributed by atoms with Gasteiger partial charge >= 0.3 is 12.1 Å².